The van der Waals surface area contributed by atoms with Crippen LogP contribution in [0.4, 0.5) is 5.69 Å². The van der Waals surface area contributed by atoms with E-state index in [2.05, 4.69) is 23.9 Å². The van der Waals surface area contributed by atoms with Gasteiger partial charge in [-0.05, 0) is 61.7 Å². The molecular weight excluding hydrogens is 364 g/mol. The van der Waals surface area contributed by atoms with Gasteiger partial charge in [0.15, 0.2) is 6.61 Å². The smallest absolute Gasteiger partial charge is 0.262 e. The van der Waals surface area contributed by atoms with Crippen molar-refractivity contribution in [1.29, 1.82) is 0 Å². The lowest BCUT2D eigenvalue weighted by molar-refractivity contribution is -0.118. The van der Waals surface area contributed by atoms with E-state index in [4.69, 9.17) is 4.74 Å². The van der Waals surface area contributed by atoms with Gasteiger partial charge in [-0.25, -0.2) is 13.1 Å². The molecule has 0 aliphatic heterocycles. The average molecular weight is 391 g/mol. The molecule has 0 aromatic heterocycles. The highest BCUT2D eigenvalue weighted by Gasteiger charge is 2.16. The van der Waals surface area contributed by atoms with E-state index in [1.54, 1.807) is 19.1 Å². The van der Waals surface area contributed by atoms with Gasteiger partial charge in [-0.3, -0.25) is 4.79 Å². The Balaban J connectivity index is 2.09. The number of carbonyl (C=O) groups excluding carboxylic acids is 1. The number of hydrogen-bond acceptors (Lipinski definition) is 4. The lowest BCUT2D eigenvalue weighted by atomic mass is 10.0. The number of carbonyl (C=O) groups is 1. The summed E-state index contributed by atoms with van der Waals surface area (Å²) in [5, 5.41) is 2.68. The first kappa shape index (κ1) is 20.9. The van der Waals surface area contributed by atoms with Gasteiger partial charge in [-0.15, -0.1) is 0 Å². The maximum absolute atomic E-state index is 12.2. The predicted molar refractivity (Wildman–Crippen MR) is 107 cm³/mol. The molecule has 7 heteroatoms. The van der Waals surface area contributed by atoms with Crippen molar-refractivity contribution in [2.24, 2.45) is 0 Å². The van der Waals surface area contributed by atoms with Gasteiger partial charge in [0.1, 0.15) is 5.75 Å². The summed E-state index contributed by atoms with van der Waals surface area (Å²) < 4.78 is 32.0. The first-order valence-electron chi connectivity index (χ1n) is 8.71. The molecule has 0 saturated carbocycles. The molecule has 6 nitrogen and oxygen atoms in total. The highest BCUT2D eigenvalue weighted by atomic mass is 32.2. The molecule has 1 amide bonds. The molecule has 0 heterocycles. The van der Waals surface area contributed by atoms with Crippen LogP contribution in [0.25, 0.3) is 0 Å². The van der Waals surface area contributed by atoms with E-state index in [-0.39, 0.29) is 17.4 Å². The minimum absolute atomic E-state index is 0.129. The van der Waals surface area contributed by atoms with E-state index in [1.165, 1.54) is 13.1 Å². The Morgan fingerprint density at radius 2 is 1.74 bits per heavy atom. The third kappa shape index (κ3) is 5.30. The molecule has 0 unspecified atom stereocenters. The summed E-state index contributed by atoms with van der Waals surface area (Å²) in [5.74, 6) is 0.668. The van der Waals surface area contributed by atoms with Crippen LogP contribution in [0.2, 0.25) is 0 Å². The van der Waals surface area contributed by atoms with Gasteiger partial charge in [0.25, 0.3) is 5.91 Å². The van der Waals surface area contributed by atoms with Gasteiger partial charge in [-0.2, -0.15) is 0 Å². The van der Waals surface area contributed by atoms with Gasteiger partial charge in [0, 0.05) is 5.69 Å². The number of nitrogens with one attached hydrogen (secondary N) is 2. The Morgan fingerprint density at radius 1 is 1.07 bits per heavy atom. The molecule has 146 valence electrons. The van der Waals surface area contributed by atoms with Gasteiger partial charge < -0.3 is 10.1 Å². The van der Waals surface area contributed by atoms with Crippen LogP contribution < -0.4 is 14.8 Å². The van der Waals surface area contributed by atoms with Gasteiger partial charge in [0.2, 0.25) is 10.0 Å². The maximum atomic E-state index is 12.2. The van der Waals surface area contributed by atoms with Crippen LogP contribution >= 0.6 is 0 Å². The van der Waals surface area contributed by atoms with E-state index in [0.717, 1.165) is 11.1 Å². The first-order valence-corrected chi connectivity index (χ1v) is 10.2. The second-order valence-corrected chi connectivity index (χ2v) is 8.56. The molecule has 0 atom stereocenters. The van der Waals surface area contributed by atoms with E-state index >= 15 is 0 Å². The highest BCUT2D eigenvalue weighted by Crippen LogP contribution is 2.24. The second kappa shape index (κ2) is 8.54. The second-order valence-electron chi connectivity index (χ2n) is 6.70. The van der Waals surface area contributed by atoms with Crippen molar-refractivity contribution in [2.45, 2.75) is 38.5 Å². The van der Waals surface area contributed by atoms with Crippen LogP contribution in [0.1, 0.15) is 36.5 Å². The summed E-state index contributed by atoms with van der Waals surface area (Å²) in [4.78, 5) is 12.4. The van der Waals surface area contributed by atoms with Gasteiger partial charge >= 0.3 is 0 Å². The van der Waals surface area contributed by atoms with Crippen LogP contribution in [0.15, 0.2) is 41.3 Å². The zero-order valence-electron chi connectivity index (χ0n) is 16.3. The fraction of sp³-hybridized carbons (Fsp3) is 0.350. The summed E-state index contributed by atoms with van der Waals surface area (Å²) in [6.07, 6.45) is 0. The lowest BCUT2D eigenvalue weighted by Gasteiger charge is -2.13. The van der Waals surface area contributed by atoms with Crippen molar-refractivity contribution in [2.75, 3.05) is 19.0 Å². The number of anilines is 1. The Morgan fingerprint density at radius 3 is 2.37 bits per heavy atom. The van der Waals surface area contributed by atoms with Gasteiger partial charge in [-0.1, -0.05) is 32.0 Å². The fourth-order valence-corrected chi connectivity index (χ4v) is 3.54. The first-order chi connectivity index (χ1) is 12.6. The molecule has 0 aliphatic carbocycles. The molecule has 0 aliphatic rings. The molecule has 27 heavy (non-hydrogen) atoms. The minimum atomic E-state index is -3.59. The van der Waals surface area contributed by atoms with Crippen LogP contribution in [-0.2, 0) is 14.8 Å². The molecular formula is C20H26N2O4S. The number of aryl methyl sites for hydroxylation is 2. The third-order valence-corrected chi connectivity index (χ3v) is 5.82. The number of benzene rings is 2. The van der Waals surface area contributed by atoms with E-state index in [0.29, 0.717) is 22.9 Å². The molecule has 0 spiro atoms. The number of sulfonamides is 1. The Bertz CT molecular complexity index is 937. The average Bonchev–Trinajstić information content (AvgIpc) is 2.62. The summed E-state index contributed by atoms with van der Waals surface area (Å²) in [7, 11) is -2.24. The molecule has 2 rings (SSSR count). The summed E-state index contributed by atoms with van der Waals surface area (Å²) in [5.41, 5.74) is 3.08. The number of amides is 1. The van der Waals surface area contributed by atoms with Crippen molar-refractivity contribution in [3.63, 3.8) is 0 Å². The summed E-state index contributed by atoms with van der Waals surface area (Å²) in [6.45, 7) is 7.64. The quantitative estimate of drug-likeness (QED) is 0.759. The van der Waals surface area contributed by atoms with Crippen molar-refractivity contribution >= 4 is 21.6 Å². The Hall–Kier alpha value is -2.38. The maximum Gasteiger partial charge on any atom is 0.262 e. The predicted octanol–water partition coefficient (Wildman–Crippen LogP) is 3.35. The summed E-state index contributed by atoms with van der Waals surface area (Å²) >= 11 is 0. The zero-order chi connectivity index (χ0) is 20.2. The monoisotopic (exact) mass is 390 g/mol. The molecule has 0 radical (unpaired) electrons. The molecule has 2 aromatic rings. The molecule has 0 bridgehead atoms. The molecule has 0 saturated heterocycles. The topological polar surface area (TPSA) is 84.5 Å². The van der Waals surface area contributed by atoms with E-state index in [1.807, 2.05) is 25.1 Å². The van der Waals surface area contributed by atoms with E-state index in [9.17, 15) is 13.2 Å². The number of hydrogen-bond donors (Lipinski definition) is 2. The lowest BCUT2D eigenvalue weighted by Crippen LogP contribution is -2.22. The zero-order valence-corrected chi connectivity index (χ0v) is 17.1. The van der Waals surface area contributed by atoms with Crippen LogP contribution in [0.5, 0.6) is 5.75 Å². The molecule has 2 N–H and O–H groups in total. The van der Waals surface area contributed by atoms with E-state index < -0.39 is 10.0 Å². The largest absolute Gasteiger partial charge is 0.483 e. The Labute approximate surface area is 161 Å². The standard InChI is InChI=1S/C20H26N2O4S/c1-13(2)16-8-6-14(3)18(10-16)26-12-20(23)22-17-9-7-15(4)19(11-17)27(24,25)21-5/h6-11,13,21H,12H2,1-5H3,(H,22,23). The van der Waals surface area contributed by atoms with Crippen molar-refractivity contribution in [3.8, 4) is 5.75 Å². The van der Waals surface area contributed by atoms with Crippen LogP contribution in [-0.4, -0.2) is 28.0 Å². The minimum Gasteiger partial charge on any atom is -0.483 e. The van der Waals surface area contributed by atoms with Crippen molar-refractivity contribution in [3.05, 3.63) is 53.1 Å². The van der Waals surface area contributed by atoms with Crippen molar-refractivity contribution in [1.82, 2.24) is 4.72 Å². The molecule has 0 fully saturated rings. The SMILES string of the molecule is CNS(=O)(=O)c1cc(NC(=O)COc2cc(C(C)C)ccc2C)ccc1C. The van der Waals surface area contributed by atoms with Crippen LogP contribution in [0.3, 0.4) is 0 Å². The normalized spacial score (nSPS) is 11.5. The number of rotatable bonds is 7. The molecule has 2 aromatic carbocycles. The Kier molecular flexibility index (Phi) is 6.62. The van der Waals surface area contributed by atoms with Gasteiger partial charge in [0.05, 0.1) is 4.90 Å². The third-order valence-electron chi connectivity index (χ3n) is 4.27. The van der Waals surface area contributed by atoms with Crippen molar-refractivity contribution < 1.29 is 17.9 Å². The fourth-order valence-electron chi connectivity index (χ4n) is 2.55. The highest BCUT2D eigenvalue weighted by molar-refractivity contribution is 7.89. The summed E-state index contributed by atoms with van der Waals surface area (Å²) in [6, 6.07) is 10.7. The van der Waals surface area contributed by atoms with Crippen LogP contribution in [0, 0.1) is 13.8 Å². The number of ether oxygens (including phenoxy) is 1.